The van der Waals surface area contributed by atoms with Gasteiger partial charge in [-0.2, -0.15) is 5.10 Å². The molecule has 2 unspecified atom stereocenters. The van der Waals surface area contributed by atoms with E-state index in [0.29, 0.717) is 18.2 Å². The Morgan fingerprint density at radius 3 is 2.73 bits per heavy atom. The number of hydrogen-bond donors (Lipinski definition) is 1. The monoisotopic (exact) mass is 413 g/mol. The van der Waals surface area contributed by atoms with E-state index in [1.54, 1.807) is 0 Å². The van der Waals surface area contributed by atoms with E-state index in [-0.39, 0.29) is 23.8 Å². The summed E-state index contributed by atoms with van der Waals surface area (Å²) in [5, 5.41) is 8.65. The third-order valence-corrected chi connectivity index (χ3v) is 6.32. The molecule has 2 aromatic rings. The predicted octanol–water partition coefficient (Wildman–Crippen LogP) is 3.31. The highest BCUT2D eigenvalue weighted by atomic mass is 16.5. The Hall–Kier alpha value is -2.41. The van der Waals surface area contributed by atoms with Crippen molar-refractivity contribution in [1.82, 2.24) is 15.1 Å². The molecule has 4 rings (SSSR count). The van der Waals surface area contributed by atoms with Gasteiger partial charge in [-0.3, -0.25) is 14.3 Å². The summed E-state index contributed by atoms with van der Waals surface area (Å²) in [5.41, 5.74) is 1.41. The predicted molar refractivity (Wildman–Crippen MR) is 113 cm³/mol. The van der Waals surface area contributed by atoms with Crippen molar-refractivity contribution >= 4 is 22.8 Å². The number of carbonyl (C=O) groups is 2. The highest BCUT2D eigenvalue weighted by molar-refractivity contribution is 6.05. The first-order valence-electron chi connectivity index (χ1n) is 11.2. The Bertz CT molecular complexity index is 888. The lowest BCUT2D eigenvalue weighted by molar-refractivity contribution is -0.150. The van der Waals surface area contributed by atoms with Crippen molar-refractivity contribution in [2.24, 2.45) is 11.8 Å². The number of carbonyl (C=O) groups excluding carboxylic acids is 2. The first-order chi connectivity index (χ1) is 14.7. The number of benzene rings is 1. The molecule has 1 aromatic heterocycles. The van der Waals surface area contributed by atoms with Gasteiger partial charge in [-0.25, -0.2) is 0 Å². The highest BCUT2D eigenvalue weighted by Gasteiger charge is 2.34. The van der Waals surface area contributed by atoms with E-state index >= 15 is 0 Å². The van der Waals surface area contributed by atoms with Crippen LogP contribution in [0.3, 0.4) is 0 Å². The van der Waals surface area contributed by atoms with Crippen molar-refractivity contribution in [3.8, 4) is 0 Å². The van der Waals surface area contributed by atoms with Gasteiger partial charge in [0, 0.05) is 31.2 Å². The molecule has 1 amide bonds. The van der Waals surface area contributed by atoms with Crippen molar-refractivity contribution < 1.29 is 19.1 Å². The molecule has 2 fully saturated rings. The third-order valence-electron chi connectivity index (χ3n) is 6.32. The van der Waals surface area contributed by atoms with E-state index in [2.05, 4.69) is 5.32 Å². The van der Waals surface area contributed by atoms with Gasteiger partial charge in [0.1, 0.15) is 0 Å². The summed E-state index contributed by atoms with van der Waals surface area (Å²) in [6.45, 7) is 4.52. The SMILES string of the molecule is CCOC(=O)C1CCCCC1NC(=O)c1nn(CC2CCOCC2)c2ccccc12. The molecule has 2 atom stereocenters. The third kappa shape index (κ3) is 4.51. The van der Waals surface area contributed by atoms with E-state index in [1.807, 2.05) is 35.9 Å². The second kappa shape index (κ2) is 9.60. The van der Waals surface area contributed by atoms with Crippen LogP contribution in [-0.4, -0.2) is 47.5 Å². The summed E-state index contributed by atoms with van der Waals surface area (Å²) < 4.78 is 12.7. The number of nitrogens with zero attached hydrogens (tertiary/aromatic N) is 2. The molecule has 1 saturated heterocycles. The van der Waals surface area contributed by atoms with Gasteiger partial charge in [-0.15, -0.1) is 0 Å². The largest absolute Gasteiger partial charge is 0.466 e. The van der Waals surface area contributed by atoms with Gasteiger partial charge in [0.05, 0.1) is 18.0 Å². The van der Waals surface area contributed by atoms with Crippen molar-refractivity contribution in [3.05, 3.63) is 30.0 Å². The number of esters is 1. The standard InChI is InChI=1S/C23H31N3O4/c1-2-30-23(28)17-7-3-5-9-19(17)24-22(27)21-18-8-4-6-10-20(18)26(25-21)15-16-11-13-29-14-12-16/h4,6,8,10,16-17,19H,2-3,5,7,9,11-15H2,1H3,(H,24,27). The van der Waals surface area contributed by atoms with E-state index in [9.17, 15) is 9.59 Å². The smallest absolute Gasteiger partial charge is 0.311 e. The summed E-state index contributed by atoms with van der Waals surface area (Å²) in [7, 11) is 0. The molecule has 0 spiro atoms. The fourth-order valence-electron chi connectivity index (χ4n) is 4.68. The van der Waals surface area contributed by atoms with E-state index in [4.69, 9.17) is 14.6 Å². The maximum atomic E-state index is 13.2. The summed E-state index contributed by atoms with van der Waals surface area (Å²) in [6.07, 6.45) is 5.55. The van der Waals surface area contributed by atoms with Gasteiger partial charge in [-0.05, 0) is 44.6 Å². The van der Waals surface area contributed by atoms with Crippen LogP contribution in [-0.2, 0) is 20.8 Å². The lowest BCUT2D eigenvalue weighted by atomic mass is 9.84. The molecule has 0 radical (unpaired) electrons. The Morgan fingerprint density at radius 1 is 1.17 bits per heavy atom. The number of nitrogens with one attached hydrogen (secondary N) is 1. The minimum absolute atomic E-state index is 0.204. The molecule has 162 valence electrons. The molecule has 1 saturated carbocycles. The average molecular weight is 414 g/mol. The zero-order valence-electron chi connectivity index (χ0n) is 17.6. The van der Waals surface area contributed by atoms with Crippen LogP contribution in [0.4, 0.5) is 0 Å². The summed E-state index contributed by atoms with van der Waals surface area (Å²) in [4.78, 5) is 25.6. The van der Waals surface area contributed by atoms with Gasteiger partial charge in [0.15, 0.2) is 5.69 Å². The topological polar surface area (TPSA) is 82.5 Å². The highest BCUT2D eigenvalue weighted by Crippen LogP contribution is 2.27. The average Bonchev–Trinajstić information content (AvgIpc) is 3.14. The van der Waals surface area contributed by atoms with Crippen LogP contribution in [0.2, 0.25) is 0 Å². The summed E-state index contributed by atoms with van der Waals surface area (Å²) in [5.74, 6) is -0.196. The van der Waals surface area contributed by atoms with Crippen LogP contribution in [0.5, 0.6) is 0 Å². The van der Waals surface area contributed by atoms with Crippen LogP contribution in [0, 0.1) is 11.8 Å². The van der Waals surface area contributed by atoms with Crippen molar-refractivity contribution in [2.45, 2.75) is 58.0 Å². The van der Waals surface area contributed by atoms with Crippen molar-refractivity contribution in [3.63, 3.8) is 0 Å². The number of hydrogen-bond acceptors (Lipinski definition) is 5. The Morgan fingerprint density at radius 2 is 1.93 bits per heavy atom. The van der Waals surface area contributed by atoms with Crippen LogP contribution >= 0.6 is 0 Å². The lowest BCUT2D eigenvalue weighted by Crippen LogP contribution is -2.45. The maximum absolute atomic E-state index is 13.2. The molecule has 1 aliphatic heterocycles. The summed E-state index contributed by atoms with van der Waals surface area (Å²) >= 11 is 0. The van der Waals surface area contributed by atoms with Gasteiger partial charge < -0.3 is 14.8 Å². The quantitative estimate of drug-likeness (QED) is 0.735. The first-order valence-corrected chi connectivity index (χ1v) is 11.2. The second-order valence-corrected chi connectivity index (χ2v) is 8.33. The van der Waals surface area contributed by atoms with Crippen LogP contribution in [0.15, 0.2) is 24.3 Å². The molecule has 30 heavy (non-hydrogen) atoms. The molecule has 1 N–H and O–H groups in total. The lowest BCUT2D eigenvalue weighted by Gasteiger charge is -2.30. The normalized spacial score (nSPS) is 22.7. The molecule has 0 bridgehead atoms. The Labute approximate surface area is 177 Å². The minimum Gasteiger partial charge on any atom is -0.466 e. The fourth-order valence-corrected chi connectivity index (χ4v) is 4.68. The number of amides is 1. The van der Waals surface area contributed by atoms with Gasteiger partial charge in [0.25, 0.3) is 5.91 Å². The van der Waals surface area contributed by atoms with Crippen LogP contribution in [0.1, 0.15) is 55.9 Å². The zero-order chi connectivity index (χ0) is 20.9. The summed E-state index contributed by atoms with van der Waals surface area (Å²) in [6, 6.07) is 7.66. The molecule has 1 aliphatic carbocycles. The van der Waals surface area contributed by atoms with Gasteiger partial charge in [0.2, 0.25) is 0 Å². The Balaban J connectivity index is 1.54. The van der Waals surface area contributed by atoms with Crippen LogP contribution < -0.4 is 5.32 Å². The van der Waals surface area contributed by atoms with E-state index in [1.165, 1.54) is 0 Å². The zero-order valence-corrected chi connectivity index (χ0v) is 17.6. The minimum atomic E-state index is -0.279. The number of aromatic nitrogens is 2. The molecule has 1 aromatic carbocycles. The van der Waals surface area contributed by atoms with E-state index < -0.39 is 0 Å². The van der Waals surface area contributed by atoms with Crippen LogP contribution in [0.25, 0.3) is 10.9 Å². The van der Waals surface area contributed by atoms with Crippen molar-refractivity contribution in [2.75, 3.05) is 19.8 Å². The van der Waals surface area contributed by atoms with E-state index in [0.717, 1.165) is 69.2 Å². The molecule has 7 nitrogen and oxygen atoms in total. The van der Waals surface area contributed by atoms with Gasteiger partial charge in [-0.1, -0.05) is 31.0 Å². The molecular weight excluding hydrogens is 382 g/mol. The fraction of sp³-hybridized carbons (Fsp3) is 0.609. The Kier molecular flexibility index (Phi) is 6.67. The van der Waals surface area contributed by atoms with Gasteiger partial charge >= 0.3 is 5.97 Å². The van der Waals surface area contributed by atoms with Crippen molar-refractivity contribution in [1.29, 1.82) is 0 Å². The molecule has 7 heteroatoms. The molecule has 2 heterocycles. The number of rotatable bonds is 6. The second-order valence-electron chi connectivity index (χ2n) is 8.33. The molecular formula is C23H31N3O4. The first kappa shape index (κ1) is 20.8. The number of para-hydroxylation sites is 1. The molecule has 2 aliphatic rings. The number of fused-ring (bicyclic) bond motifs is 1. The maximum Gasteiger partial charge on any atom is 0.311 e. The number of ether oxygens (including phenoxy) is 2.